The van der Waals surface area contributed by atoms with E-state index in [4.69, 9.17) is 33.2 Å². The van der Waals surface area contributed by atoms with Gasteiger partial charge in [-0.1, -0.05) is 0 Å². The van der Waals surface area contributed by atoms with E-state index in [1.54, 1.807) is 7.11 Å². The molecule has 0 atom stereocenters. The van der Waals surface area contributed by atoms with Crippen LogP contribution in [0, 0.1) is 0 Å². The summed E-state index contributed by atoms with van der Waals surface area (Å²) in [7, 11) is 1.78. The normalized spacial score (nSPS) is 24.2. The molecule has 29 heavy (non-hydrogen) atoms. The minimum Gasteiger partial charge on any atom is -0.379 e. The largest absolute Gasteiger partial charge is 0.379 e. The molecule has 0 spiro atoms. The molecule has 0 radical (unpaired) electrons. The van der Waals surface area contributed by atoms with Crippen molar-refractivity contribution in [3.05, 3.63) is 0 Å². The Kier molecular flexibility index (Phi) is 14.9. The monoisotopic (exact) mass is 420 g/mol. The quantitative estimate of drug-likeness (QED) is 0.598. The van der Waals surface area contributed by atoms with Crippen molar-refractivity contribution >= 4 is 0 Å². The molecule has 9 nitrogen and oxygen atoms in total. The second-order valence-electron chi connectivity index (χ2n) is 7.13. The lowest BCUT2D eigenvalue weighted by atomic mass is 10.2. The highest BCUT2D eigenvalue weighted by Crippen LogP contribution is 2.03. The molecule has 9 heteroatoms. The van der Waals surface area contributed by atoms with Gasteiger partial charge in [-0.3, -0.25) is 9.80 Å². The van der Waals surface area contributed by atoms with Crippen molar-refractivity contribution < 1.29 is 33.2 Å². The van der Waals surface area contributed by atoms with Gasteiger partial charge in [0.1, 0.15) is 0 Å². The predicted octanol–water partition coefficient (Wildman–Crippen LogP) is -0.268. The van der Waals surface area contributed by atoms with Crippen LogP contribution in [0.2, 0.25) is 0 Å². The summed E-state index contributed by atoms with van der Waals surface area (Å²) in [5.41, 5.74) is 0. The SMILES string of the molecule is COC(CN1CCOCCOCCOCC1)CN1CCOCCOCCOCC1. The lowest BCUT2D eigenvalue weighted by Gasteiger charge is -2.31. The zero-order valence-corrected chi connectivity index (χ0v) is 18.1. The molecule has 2 rings (SSSR count). The number of ether oxygens (including phenoxy) is 7. The molecule has 2 fully saturated rings. The molecule has 172 valence electrons. The van der Waals surface area contributed by atoms with E-state index in [2.05, 4.69) is 9.80 Å². The van der Waals surface area contributed by atoms with Gasteiger partial charge in [-0.05, 0) is 0 Å². The van der Waals surface area contributed by atoms with Crippen molar-refractivity contribution in [2.24, 2.45) is 0 Å². The first-order valence-corrected chi connectivity index (χ1v) is 10.8. The van der Waals surface area contributed by atoms with E-state index in [0.29, 0.717) is 79.3 Å². The number of hydrogen-bond acceptors (Lipinski definition) is 9. The molecule has 0 amide bonds. The molecule has 2 saturated heterocycles. The molecule has 0 bridgehead atoms. The summed E-state index contributed by atoms with van der Waals surface area (Å²) in [6.45, 7) is 12.8. The average molecular weight is 421 g/mol. The van der Waals surface area contributed by atoms with Gasteiger partial charge in [-0.2, -0.15) is 0 Å². The third-order valence-electron chi connectivity index (χ3n) is 4.95. The minimum absolute atomic E-state index is 0.0995. The topological polar surface area (TPSA) is 71.1 Å². The molecule has 0 N–H and O–H groups in total. The lowest BCUT2D eigenvalue weighted by molar-refractivity contribution is -0.0283. The summed E-state index contributed by atoms with van der Waals surface area (Å²) in [6.07, 6.45) is 0.0995. The van der Waals surface area contributed by atoms with Crippen LogP contribution >= 0.6 is 0 Å². The van der Waals surface area contributed by atoms with Crippen molar-refractivity contribution in [2.45, 2.75) is 6.10 Å². The average Bonchev–Trinajstić information content (AvgIpc) is 2.71. The molecule has 0 aromatic rings. The third kappa shape index (κ3) is 12.8. The molecule has 0 unspecified atom stereocenters. The van der Waals surface area contributed by atoms with Crippen molar-refractivity contribution in [3.8, 4) is 0 Å². The van der Waals surface area contributed by atoms with Gasteiger partial charge in [0.15, 0.2) is 0 Å². The molecule has 2 aliphatic rings. The van der Waals surface area contributed by atoms with E-state index < -0.39 is 0 Å². The maximum absolute atomic E-state index is 5.81. The van der Waals surface area contributed by atoms with Crippen LogP contribution in [0.1, 0.15) is 0 Å². The Labute approximate surface area is 175 Å². The first kappa shape index (κ1) is 24.9. The summed E-state index contributed by atoms with van der Waals surface area (Å²) in [6, 6.07) is 0. The van der Waals surface area contributed by atoms with Gasteiger partial charge in [-0.25, -0.2) is 0 Å². The van der Waals surface area contributed by atoms with Gasteiger partial charge in [0, 0.05) is 46.4 Å². The molecule has 0 aliphatic carbocycles. The summed E-state index contributed by atoms with van der Waals surface area (Å²) in [5, 5.41) is 0. The summed E-state index contributed by atoms with van der Waals surface area (Å²) < 4.78 is 39.4. The number of hydrogen-bond donors (Lipinski definition) is 0. The molecule has 0 aromatic heterocycles. The first-order valence-electron chi connectivity index (χ1n) is 10.8. The van der Waals surface area contributed by atoms with Crippen LogP contribution in [0.25, 0.3) is 0 Å². The van der Waals surface area contributed by atoms with Crippen LogP contribution in [0.5, 0.6) is 0 Å². The van der Waals surface area contributed by atoms with Gasteiger partial charge in [0.05, 0.1) is 85.4 Å². The van der Waals surface area contributed by atoms with Crippen LogP contribution in [-0.2, 0) is 33.2 Å². The molecular formula is C20H40N2O7. The summed E-state index contributed by atoms with van der Waals surface area (Å²) >= 11 is 0. The highest BCUT2D eigenvalue weighted by atomic mass is 16.5. The summed E-state index contributed by atoms with van der Waals surface area (Å²) in [4.78, 5) is 4.72. The number of methoxy groups -OCH3 is 1. The van der Waals surface area contributed by atoms with Crippen LogP contribution in [0.4, 0.5) is 0 Å². The van der Waals surface area contributed by atoms with E-state index in [-0.39, 0.29) is 6.10 Å². The van der Waals surface area contributed by atoms with E-state index in [9.17, 15) is 0 Å². The predicted molar refractivity (Wildman–Crippen MR) is 109 cm³/mol. The minimum atomic E-state index is 0.0995. The summed E-state index contributed by atoms with van der Waals surface area (Å²) in [5.74, 6) is 0. The van der Waals surface area contributed by atoms with Crippen molar-refractivity contribution in [2.75, 3.05) is 126 Å². The fourth-order valence-corrected chi connectivity index (χ4v) is 3.23. The molecule has 2 heterocycles. The van der Waals surface area contributed by atoms with E-state index in [0.717, 1.165) is 39.3 Å². The highest BCUT2D eigenvalue weighted by molar-refractivity contribution is 4.72. The Morgan fingerprint density at radius 3 is 1.07 bits per heavy atom. The van der Waals surface area contributed by atoms with Gasteiger partial charge >= 0.3 is 0 Å². The number of rotatable bonds is 5. The van der Waals surface area contributed by atoms with Crippen LogP contribution in [-0.4, -0.2) is 142 Å². The van der Waals surface area contributed by atoms with Crippen molar-refractivity contribution in [1.82, 2.24) is 9.80 Å². The molecule has 2 aliphatic heterocycles. The van der Waals surface area contributed by atoms with Crippen LogP contribution in [0.15, 0.2) is 0 Å². The fourth-order valence-electron chi connectivity index (χ4n) is 3.23. The molecule has 0 aromatic carbocycles. The van der Waals surface area contributed by atoms with E-state index in [1.807, 2.05) is 0 Å². The Hall–Kier alpha value is -0.360. The standard InChI is InChI=1S/C20H40N2O7/c1-23-20(18-21-2-6-24-10-14-28-15-11-25-7-3-21)19-22-4-8-26-12-16-29-17-13-27-9-5-22/h20H,2-19H2,1H3. The Morgan fingerprint density at radius 2 is 0.793 bits per heavy atom. The highest BCUT2D eigenvalue weighted by Gasteiger charge is 2.18. The zero-order chi connectivity index (χ0) is 20.4. The van der Waals surface area contributed by atoms with Gasteiger partial charge in [0.2, 0.25) is 0 Å². The van der Waals surface area contributed by atoms with Crippen LogP contribution < -0.4 is 0 Å². The van der Waals surface area contributed by atoms with Crippen LogP contribution in [0.3, 0.4) is 0 Å². The molecular weight excluding hydrogens is 380 g/mol. The second-order valence-corrected chi connectivity index (χ2v) is 7.13. The van der Waals surface area contributed by atoms with Crippen molar-refractivity contribution in [3.63, 3.8) is 0 Å². The maximum Gasteiger partial charge on any atom is 0.0824 e. The first-order chi connectivity index (χ1) is 14.4. The van der Waals surface area contributed by atoms with Gasteiger partial charge in [0.25, 0.3) is 0 Å². The van der Waals surface area contributed by atoms with E-state index >= 15 is 0 Å². The Balaban J connectivity index is 1.79. The smallest absolute Gasteiger partial charge is 0.0824 e. The Morgan fingerprint density at radius 1 is 0.517 bits per heavy atom. The van der Waals surface area contributed by atoms with Gasteiger partial charge < -0.3 is 33.2 Å². The van der Waals surface area contributed by atoms with Crippen molar-refractivity contribution in [1.29, 1.82) is 0 Å². The third-order valence-corrected chi connectivity index (χ3v) is 4.95. The lowest BCUT2D eigenvalue weighted by Crippen LogP contribution is -2.45. The zero-order valence-electron chi connectivity index (χ0n) is 18.1. The fraction of sp³-hybridized carbons (Fsp3) is 1.00. The van der Waals surface area contributed by atoms with Gasteiger partial charge in [-0.15, -0.1) is 0 Å². The number of nitrogens with zero attached hydrogens (tertiary/aromatic N) is 2. The van der Waals surface area contributed by atoms with E-state index in [1.165, 1.54) is 0 Å². The maximum atomic E-state index is 5.81. The molecule has 0 saturated carbocycles. The second kappa shape index (κ2) is 17.3. The Bertz CT molecular complexity index is 323.